The van der Waals surface area contributed by atoms with Crippen LogP contribution in [0.5, 0.6) is 0 Å². The molecule has 2 aromatic carbocycles. The summed E-state index contributed by atoms with van der Waals surface area (Å²) in [6.07, 6.45) is 4.32. The number of fused-ring (bicyclic) bond motifs is 1. The van der Waals surface area contributed by atoms with E-state index in [4.69, 9.17) is 4.98 Å². The monoisotopic (exact) mass is 470 g/mol. The van der Waals surface area contributed by atoms with E-state index in [0.29, 0.717) is 42.0 Å². The van der Waals surface area contributed by atoms with Crippen molar-refractivity contribution in [2.45, 2.75) is 40.2 Å². The van der Waals surface area contributed by atoms with Crippen LogP contribution in [0.1, 0.15) is 40.4 Å². The van der Waals surface area contributed by atoms with Gasteiger partial charge in [-0.2, -0.15) is 5.10 Å². The Labute approximate surface area is 204 Å². The maximum absolute atomic E-state index is 13.8. The van der Waals surface area contributed by atoms with Crippen LogP contribution < -0.4 is 10.5 Å². The summed E-state index contributed by atoms with van der Waals surface area (Å²) in [6.45, 7) is 9.90. The number of aromatic nitrogens is 4. The van der Waals surface area contributed by atoms with Gasteiger partial charge in [0.2, 0.25) is 5.95 Å². The quantitative estimate of drug-likeness (QED) is 0.493. The minimum Gasteiger partial charge on any atom is -0.340 e. The molecule has 1 fully saturated rings. The van der Waals surface area contributed by atoms with Crippen molar-refractivity contribution in [1.29, 1.82) is 0 Å². The van der Waals surface area contributed by atoms with Crippen LogP contribution in [-0.4, -0.2) is 56.2 Å². The van der Waals surface area contributed by atoms with Gasteiger partial charge in [-0.1, -0.05) is 11.6 Å². The molecule has 180 valence electrons. The zero-order chi connectivity index (χ0) is 24.7. The highest BCUT2D eigenvalue weighted by molar-refractivity contribution is 5.98. The molecule has 1 aliphatic rings. The van der Waals surface area contributed by atoms with Gasteiger partial charge in [0.15, 0.2) is 0 Å². The van der Waals surface area contributed by atoms with Crippen LogP contribution in [0.2, 0.25) is 0 Å². The van der Waals surface area contributed by atoms with Crippen LogP contribution in [0, 0.1) is 20.8 Å². The summed E-state index contributed by atoms with van der Waals surface area (Å²) in [5.41, 5.74) is 5.16. The van der Waals surface area contributed by atoms with Crippen molar-refractivity contribution >= 4 is 22.8 Å². The highest BCUT2D eigenvalue weighted by Crippen LogP contribution is 2.23. The molecule has 0 radical (unpaired) electrons. The number of nitrogens with one attached hydrogen (secondary N) is 1. The van der Waals surface area contributed by atoms with Gasteiger partial charge in [-0.15, -0.1) is 0 Å². The predicted octanol–water partition coefficient (Wildman–Crippen LogP) is 3.78. The number of aryl methyl sites for hydroxylation is 3. The molecular weight excluding hydrogens is 440 g/mol. The predicted molar refractivity (Wildman–Crippen MR) is 137 cm³/mol. The summed E-state index contributed by atoms with van der Waals surface area (Å²) in [5.74, 6) is 0.541. The summed E-state index contributed by atoms with van der Waals surface area (Å²) in [6, 6.07) is 11.6. The van der Waals surface area contributed by atoms with Crippen LogP contribution in [0.3, 0.4) is 0 Å². The molecule has 0 aliphatic carbocycles. The number of H-pyrrole nitrogens is 1. The summed E-state index contributed by atoms with van der Waals surface area (Å²) in [7, 11) is 0. The number of benzene rings is 2. The molecule has 1 aliphatic heterocycles. The van der Waals surface area contributed by atoms with Gasteiger partial charge >= 0.3 is 0 Å². The Balaban J connectivity index is 1.43. The zero-order valence-electron chi connectivity index (χ0n) is 20.6. The molecule has 5 rings (SSSR count). The molecule has 1 saturated heterocycles. The van der Waals surface area contributed by atoms with Crippen LogP contribution in [0.25, 0.3) is 16.6 Å². The Bertz CT molecular complexity index is 1460. The Kier molecular flexibility index (Phi) is 5.88. The molecule has 1 amide bonds. The van der Waals surface area contributed by atoms with Gasteiger partial charge in [-0.05, 0) is 75.6 Å². The number of nitrogens with zero attached hydrogens (tertiary/aromatic N) is 5. The van der Waals surface area contributed by atoms with E-state index in [2.05, 4.69) is 21.9 Å². The van der Waals surface area contributed by atoms with Gasteiger partial charge in [0.05, 0.1) is 22.2 Å². The second-order valence-corrected chi connectivity index (χ2v) is 9.44. The van der Waals surface area contributed by atoms with Gasteiger partial charge in [-0.3, -0.25) is 14.6 Å². The zero-order valence-corrected chi connectivity index (χ0v) is 20.6. The fraction of sp³-hybridized carbons (Fsp3) is 0.333. The van der Waals surface area contributed by atoms with E-state index in [1.54, 1.807) is 10.9 Å². The second-order valence-electron chi connectivity index (χ2n) is 9.44. The van der Waals surface area contributed by atoms with Crippen molar-refractivity contribution in [1.82, 2.24) is 24.6 Å². The van der Waals surface area contributed by atoms with Crippen molar-refractivity contribution in [3.05, 3.63) is 81.4 Å². The van der Waals surface area contributed by atoms with E-state index in [1.165, 1.54) is 0 Å². The minimum atomic E-state index is -0.137. The average molecular weight is 471 g/mol. The molecule has 0 bridgehead atoms. The van der Waals surface area contributed by atoms with Crippen molar-refractivity contribution in [2.75, 3.05) is 24.5 Å². The van der Waals surface area contributed by atoms with E-state index in [1.807, 2.05) is 68.3 Å². The minimum absolute atomic E-state index is 0.0142. The van der Waals surface area contributed by atoms with Crippen LogP contribution in [-0.2, 0) is 0 Å². The SMILES string of the molecule is Cc1ccc(-n2cccn2)c(C(=O)N2CCN(c3nc4cc(C)c(C)cc4c(=O)[nH]3)CCC2C)c1. The number of aromatic amines is 1. The molecule has 8 nitrogen and oxygen atoms in total. The van der Waals surface area contributed by atoms with Gasteiger partial charge in [-0.25, -0.2) is 9.67 Å². The van der Waals surface area contributed by atoms with E-state index < -0.39 is 0 Å². The molecule has 4 aromatic rings. The van der Waals surface area contributed by atoms with E-state index in [-0.39, 0.29) is 17.5 Å². The smallest absolute Gasteiger partial charge is 0.260 e. The van der Waals surface area contributed by atoms with Crippen LogP contribution in [0.4, 0.5) is 5.95 Å². The number of carbonyl (C=O) groups is 1. The van der Waals surface area contributed by atoms with Crippen molar-refractivity contribution in [3.63, 3.8) is 0 Å². The first kappa shape index (κ1) is 22.8. The topological polar surface area (TPSA) is 87.1 Å². The van der Waals surface area contributed by atoms with Crippen molar-refractivity contribution in [2.24, 2.45) is 0 Å². The molecule has 1 unspecified atom stereocenters. The Morgan fingerprint density at radius 2 is 1.86 bits per heavy atom. The fourth-order valence-electron chi connectivity index (χ4n) is 4.70. The van der Waals surface area contributed by atoms with Crippen molar-refractivity contribution in [3.8, 4) is 5.69 Å². The Morgan fingerprint density at radius 1 is 1.06 bits per heavy atom. The number of rotatable bonds is 3. The molecule has 35 heavy (non-hydrogen) atoms. The first-order valence-electron chi connectivity index (χ1n) is 12.0. The first-order valence-corrected chi connectivity index (χ1v) is 12.0. The Hall–Kier alpha value is -3.94. The second kappa shape index (κ2) is 9.02. The Morgan fingerprint density at radius 3 is 2.63 bits per heavy atom. The summed E-state index contributed by atoms with van der Waals surface area (Å²) in [4.78, 5) is 38.3. The summed E-state index contributed by atoms with van der Waals surface area (Å²) < 4.78 is 1.73. The van der Waals surface area contributed by atoms with E-state index >= 15 is 0 Å². The molecule has 1 atom stereocenters. The summed E-state index contributed by atoms with van der Waals surface area (Å²) in [5, 5.41) is 4.93. The first-order chi connectivity index (χ1) is 16.8. The van der Waals surface area contributed by atoms with Gasteiger partial charge < -0.3 is 9.80 Å². The number of amides is 1. The molecule has 1 N–H and O–H groups in total. The largest absolute Gasteiger partial charge is 0.340 e. The van der Waals surface area contributed by atoms with Gasteiger partial charge in [0.25, 0.3) is 11.5 Å². The molecule has 2 aromatic heterocycles. The summed E-state index contributed by atoms with van der Waals surface area (Å²) >= 11 is 0. The third-order valence-corrected chi connectivity index (χ3v) is 6.96. The third kappa shape index (κ3) is 4.32. The van der Waals surface area contributed by atoms with Crippen LogP contribution in [0.15, 0.2) is 53.6 Å². The van der Waals surface area contributed by atoms with Crippen molar-refractivity contribution < 1.29 is 4.79 Å². The molecule has 0 spiro atoms. The number of hydrogen-bond acceptors (Lipinski definition) is 5. The third-order valence-electron chi connectivity index (χ3n) is 6.96. The lowest BCUT2D eigenvalue weighted by molar-refractivity contribution is 0.0705. The van der Waals surface area contributed by atoms with Gasteiger partial charge in [0.1, 0.15) is 0 Å². The lowest BCUT2D eigenvalue weighted by Crippen LogP contribution is -2.40. The average Bonchev–Trinajstić information content (AvgIpc) is 3.29. The maximum Gasteiger partial charge on any atom is 0.260 e. The number of hydrogen-bond donors (Lipinski definition) is 1. The molecule has 0 saturated carbocycles. The van der Waals surface area contributed by atoms with Gasteiger partial charge in [0, 0.05) is 38.1 Å². The lowest BCUT2D eigenvalue weighted by atomic mass is 10.1. The molecule has 8 heteroatoms. The number of carbonyl (C=O) groups excluding carboxylic acids is 1. The highest BCUT2D eigenvalue weighted by atomic mass is 16.2. The van der Waals surface area contributed by atoms with Crippen LogP contribution >= 0.6 is 0 Å². The number of anilines is 1. The fourth-order valence-corrected chi connectivity index (χ4v) is 4.70. The normalized spacial score (nSPS) is 16.5. The van der Waals surface area contributed by atoms with E-state index in [0.717, 1.165) is 28.8 Å². The lowest BCUT2D eigenvalue weighted by Gasteiger charge is -2.28. The standard InChI is InChI=1S/C27H30N6O2/c1-17-6-7-24(33-10-5-9-28-33)22(14-17)26(35)32-13-12-31(11-8-20(32)4)27-29-23-16-19(3)18(2)15-21(23)25(34)30-27/h5-7,9-10,14-16,20H,8,11-13H2,1-4H3,(H,29,30,34). The maximum atomic E-state index is 13.8. The molecular formula is C27H30N6O2. The molecule has 3 heterocycles. The van der Waals surface area contributed by atoms with E-state index in [9.17, 15) is 9.59 Å². The highest BCUT2D eigenvalue weighted by Gasteiger charge is 2.28.